The number of aliphatic imine (C=N–C) groups is 1. The molecule has 0 amide bonds. The first-order chi connectivity index (χ1) is 26.7. The minimum Gasteiger partial charge on any atom is -0.398 e. The lowest BCUT2D eigenvalue weighted by molar-refractivity contribution is 0.793. The lowest BCUT2D eigenvalue weighted by Gasteiger charge is -2.15. The smallest absolute Gasteiger partial charge is 0.115 e. The Morgan fingerprint density at radius 2 is 1.09 bits per heavy atom. The van der Waals surface area contributed by atoms with Crippen LogP contribution >= 0.6 is 11.3 Å². The van der Waals surface area contributed by atoms with E-state index < -0.39 is 0 Å². The van der Waals surface area contributed by atoms with E-state index in [4.69, 9.17) is 10.7 Å². The molecule has 0 spiro atoms. The van der Waals surface area contributed by atoms with Crippen molar-refractivity contribution in [3.63, 3.8) is 0 Å². The Labute approximate surface area is 315 Å². The number of rotatable bonds is 5. The predicted molar refractivity (Wildman–Crippen MR) is 233 cm³/mol. The van der Waals surface area contributed by atoms with Crippen molar-refractivity contribution in [1.82, 2.24) is 4.57 Å². The van der Waals surface area contributed by atoms with E-state index in [9.17, 15) is 0 Å². The van der Waals surface area contributed by atoms with Crippen LogP contribution in [0.5, 0.6) is 0 Å². The second kappa shape index (κ2) is 12.2. The van der Waals surface area contributed by atoms with Gasteiger partial charge in [-0.05, 0) is 79.8 Å². The number of hydrogen-bond donors (Lipinski definition) is 1. The standard InChI is InChI=1S/C50H33N3S/c51-45-21-8-5-18-42(45)49(32-24-26-38-36-14-2-1-12-34(36)35-13-3-4-15-37(35)43(38)29-32)52-30-53-46-22-9-6-16-39(46)44-28-31(25-27-47(44)53)33-19-11-20-41-40-17-7-10-23-48(40)54-50(33)41/h1-29H,30,51H2/b52-49-. The van der Waals surface area contributed by atoms with Gasteiger partial charge < -0.3 is 10.3 Å². The first-order valence-electron chi connectivity index (χ1n) is 18.4. The molecule has 54 heavy (non-hydrogen) atoms. The minimum atomic E-state index is 0.440. The van der Waals surface area contributed by atoms with E-state index in [1.807, 2.05) is 29.5 Å². The van der Waals surface area contributed by atoms with Crippen LogP contribution in [0.1, 0.15) is 11.1 Å². The van der Waals surface area contributed by atoms with Crippen molar-refractivity contribution < 1.29 is 0 Å². The number of benzene rings is 9. The van der Waals surface area contributed by atoms with Gasteiger partial charge in [-0.1, -0.05) is 140 Å². The lowest BCUT2D eigenvalue weighted by Crippen LogP contribution is -2.09. The van der Waals surface area contributed by atoms with Gasteiger partial charge in [-0.25, -0.2) is 0 Å². The molecule has 0 unspecified atom stereocenters. The highest BCUT2D eigenvalue weighted by Gasteiger charge is 2.17. The summed E-state index contributed by atoms with van der Waals surface area (Å²) in [5, 5.41) is 12.5. The molecule has 11 aromatic rings. The molecule has 254 valence electrons. The highest BCUT2D eigenvalue weighted by atomic mass is 32.1. The fourth-order valence-corrected chi connectivity index (χ4v) is 9.83. The lowest BCUT2D eigenvalue weighted by atomic mass is 9.91. The van der Waals surface area contributed by atoms with E-state index in [1.165, 1.54) is 74.4 Å². The normalized spacial score (nSPS) is 12.3. The van der Waals surface area contributed by atoms with Crippen LogP contribution in [0, 0.1) is 0 Å². The number of anilines is 1. The van der Waals surface area contributed by atoms with Crippen LogP contribution in [-0.4, -0.2) is 10.3 Å². The van der Waals surface area contributed by atoms with Crippen LogP contribution in [0.2, 0.25) is 0 Å². The first-order valence-corrected chi connectivity index (χ1v) is 19.2. The topological polar surface area (TPSA) is 43.3 Å². The molecule has 0 aliphatic carbocycles. The van der Waals surface area contributed by atoms with E-state index >= 15 is 0 Å². The Bertz CT molecular complexity index is 3290. The zero-order valence-electron chi connectivity index (χ0n) is 29.3. The molecule has 4 heteroatoms. The molecule has 0 fully saturated rings. The summed E-state index contributed by atoms with van der Waals surface area (Å²) in [6, 6.07) is 63.3. The van der Waals surface area contributed by atoms with Gasteiger partial charge in [0.25, 0.3) is 0 Å². The van der Waals surface area contributed by atoms with Crippen molar-refractivity contribution in [2.75, 3.05) is 5.73 Å². The van der Waals surface area contributed by atoms with E-state index in [0.717, 1.165) is 27.9 Å². The summed E-state index contributed by atoms with van der Waals surface area (Å²) < 4.78 is 4.99. The molecule has 0 radical (unpaired) electrons. The van der Waals surface area contributed by atoms with Crippen LogP contribution < -0.4 is 5.73 Å². The third-order valence-corrected chi connectivity index (χ3v) is 12.3. The number of nitrogen functional groups attached to an aromatic ring is 1. The van der Waals surface area contributed by atoms with Gasteiger partial charge in [0.05, 0.1) is 16.7 Å². The zero-order chi connectivity index (χ0) is 35.8. The molecule has 2 N–H and O–H groups in total. The molecule has 0 aliphatic heterocycles. The van der Waals surface area contributed by atoms with Crippen molar-refractivity contribution in [1.29, 1.82) is 0 Å². The summed E-state index contributed by atoms with van der Waals surface area (Å²) in [6.07, 6.45) is 0. The van der Waals surface area contributed by atoms with Gasteiger partial charge in [-0.3, -0.25) is 4.99 Å². The van der Waals surface area contributed by atoms with Crippen LogP contribution in [0.25, 0.3) is 85.4 Å². The molecular formula is C50H33N3S. The third-order valence-electron chi connectivity index (χ3n) is 11.1. The molecule has 9 aromatic carbocycles. The number of nitrogens with zero attached hydrogens (tertiary/aromatic N) is 2. The fraction of sp³-hybridized carbons (Fsp3) is 0.0200. The molecule has 0 bridgehead atoms. The van der Waals surface area contributed by atoms with E-state index in [-0.39, 0.29) is 0 Å². The average Bonchev–Trinajstić information content (AvgIpc) is 3.77. The Hall–Kier alpha value is -6.75. The van der Waals surface area contributed by atoms with Crippen molar-refractivity contribution in [3.8, 4) is 11.1 Å². The van der Waals surface area contributed by atoms with Crippen molar-refractivity contribution in [2.45, 2.75) is 6.67 Å². The number of aromatic nitrogens is 1. The maximum atomic E-state index is 6.72. The molecule has 0 saturated carbocycles. The number of fused-ring (bicyclic) bond motifs is 12. The Kier molecular flexibility index (Phi) is 6.94. The average molecular weight is 708 g/mol. The maximum Gasteiger partial charge on any atom is 0.115 e. The molecule has 2 aromatic heterocycles. The maximum absolute atomic E-state index is 6.72. The summed E-state index contributed by atoms with van der Waals surface area (Å²) in [7, 11) is 0. The molecule has 0 atom stereocenters. The van der Waals surface area contributed by atoms with E-state index in [2.05, 4.69) is 162 Å². The van der Waals surface area contributed by atoms with Crippen LogP contribution in [0.15, 0.2) is 181 Å². The van der Waals surface area contributed by atoms with Crippen LogP contribution in [0.4, 0.5) is 5.69 Å². The largest absolute Gasteiger partial charge is 0.398 e. The molecule has 11 rings (SSSR count). The number of para-hydroxylation sites is 2. The van der Waals surface area contributed by atoms with Gasteiger partial charge in [0.2, 0.25) is 0 Å². The molecular weight excluding hydrogens is 675 g/mol. The summed E-state index contributed by atoms with van der Waals surface area (Å²) in [4.78, 5) is 5.46. The van der Waals surface area contributed by atoms with E-state index in [1.54, 1.807) is 0 Å². The van der Waals surface area contributed by atoms with Crippen molar-refractivity contribution >= 4 is 97.0 Å². The third kappa shape index (κ3) is 4.70. The number of nitrogens with two attached hydrogens (primary N) is 1. The number of thiophene rings is 1. The van der Waals surface area contributed by atoms with E-state index in [0.29, 0.717) is 12.4 Å². The van der Waals surface area contributed by atoms with Crippen molar-refractivity contribution in [3.05, 3.63) is 187 Å². The highest BCUT2D eigenvalue weighted by molar-refractivity contribution is 7.26. The van der Waals surface area contributed by atoms with Crippen molar-refractivity contribution in [2.24, 2.45) is 4.99 Å². The van der Waals surface area contributed by atoms with Crippen LogP contribution in [0.3, 0.4) is 0 Å². The highest BCUT2D eigenvalue weighted by Crippen LogP contribution is 2.42. The quantitative estimate of drug-likeness (QED) is 0.108. The predicted octanol–water partition coefficient (Wildman–Crippen LogP) is 13.4. The Balaban J connectivity index is 1.09. The molecule has 2 heterocycles. The molecule has 3 nitrogen and oxygen atoms in total. The summed E-state index contributed by atoms with van der Waals surface area (Å²) in [5.41, 5.74) is 15.1. The SMILES string of the molecule is Nc1ccccc1/C(=N\Cn1c2ccccc2c2cc(-c3cccc4c3sc3ccccc34)ccc21)c1ccc2c3ccccc3c3ccccc3c2c1. The zero-order valence-corrected chi connectivity index (χ0v) is 30.1. The van der Waals surface area contributed by atoms with Gasteiger partial charge in [0, 0.05) is 47.8 Å². The van der Waals surface area contributed by atoms with Gasteiger partial charge >= 0.3 is 0 Å². The molecule has 0 aliphatic rings. The first kappa shape index (κ1) is 30.8. The van der Waals surface area contributed by atoms with Gasteiger partial charge in [-0.15, -0.1) is 11.3 Å². The Morgan fingerprint density at radius 1 is 0.481 bits per heavy atom. The van der Waals surface area contributed by atoms with Gasteiger partial charge in [0.1, 0.15) is 6.67 Å². The van der Waals surface area contributed by atoms with Crippen LogP contribution in [-0.2, 0) is 6.67 Å². The second-order valence-corrected chi connectivity index (χ2v) is 15.1. The second-order valence-electron chi connectivity index (χ2n) is 14.0. The fourth-order valence-electron chi connectivity index (χ4n) is 8.59. The summed E-state index contributed by atoms with van der Waals surface area (Å²) >= 11 is 1.87. The number of hydrogen-bond acceptors (Lipinski definition) is 3. The monoisotopic (exact) mass is 707 g/mol. The van der Waals surface area contributed by atoms with Gasteiger partial charge in [0.15, 0.2) is 0 Å². The Morgan fingerprint density at radius 3 is 1.87 bits per heavy atom. The minimum absolute atomic E-state index is 0.440. The molecule has 0 saturated heterocycles. The van der Waals surface area contributed by atoms with Gasteiger partial charge in [-0.2, -0.15) is 0 Å². The summed E-state index contributed by atoms with van der Waals surface area (Å²) in [6.45, 7) is 0.440. The summed E-state index contributed by atoms with van der Waals surface area (Å²) in [5.74, 6) is 0.